The predicted octanol–water partition coefficient (Wildman–Crippen LogP) is 2.76. The molecule has 0 spiro atoms. The molecule has 0 unspecified atom stereocenters. The molecule has 0 radical (unpaired) electrons. The number of nitrogens with one attached hydrogen (secondary N) is 2. The van der Waals surface area contributed by atoms with Gasteiger partial charge in [-0.2, -0.15) is 0 Å². The molecule has 0 aliphatic carbocycles. The highest BCUT2D eigenvalue weighted by molar-refractivity contribution is 6.31. The fourth-order valence-corrected chi connectivity index (χ4v) is 2.35. The molecular weight excluding hydrogens is 358 g/mol. The van der Waals surface area contributed by atoms with Crippen LogP contribution in [0.5, 0.6) is 5.75 Å². The van der Waals surface area contributed by atoms with Crippen LogP contribution >= 0.6 is 11.6 Å². The Labute approximate surface area is 156 Å². The van der Waals surface area contributed by atoms with E-state index < -0.39 is 5.91 Å². The van der Waals surface area contributed by atoms with Crippen LogP contribution in [0.1, 0.15) is 27.3 Å². The van der Waals surface area contributed by atoms with E-state index in [4.69, 9.17) is 21.1 Å². The predicted molar refractivity (Wildman–Crippen MR) is 99.0 cm³/mol. The molecule has 2 rings (SSSR count). The first-order chi connectivity index (χ1) is 12.5. The van der Waals surface area contributed by atoms with E-state index in [1.54, 1.807) is 25.3 Å². The Bertz CT molecular complexity index is 783. The number of ether oxygens (including phenoxy) is 2. The quantitative estimate of drug-likeness (QED) is 0.690. The van der Waals surface area contributed by atoms with E-state index in [0.717, 1.165) is 0 Å². The number of anilines is 1. The van der Waals surface area contributed by atoms with E-state index in [0.29, 0.717) is 41.6 Å². The molecule has 0 fully saturated rings. The second kappa shape index (κ2) is 9.74. The monoisotopic (exact) mass is 377 g/mol. The van der Waals surface area contributed by atoms with Gasteiger partial charge in [0.1, 0.15) is 11.4 Å². The first-order valence-corrected chi connectivity index (χ1v) is 8.31. The highest BCUT2D eigenvalue weighted by atomic mass is 35.5. The van der Waals surface area contributed by atoms with Gasteiger partial charge in [-0.3, -0.25) is 14.6 Å². The molecule has 7 nitrogen and oxygen atoms in total. The maximum atomic E-state index is 12.5. The maximum absolute atomic E-state index is 12.5. The summed E-state index contributed by atoms with van der Waals surface area (Å²) in [4.78, 5) is 28.6. The molecule has 0 saturated heterocycles. The van der Waals surface area contributed by atoms with Crippen LogP contribution in [0.3, 0.4) is 0 Å². The second-order valence-electron chi connectivity index (χ2n) is 5.33. The van der Waals surface area contributed by atoms with Gasteiger partial charge in [0.25, 0.3) is 11.8 Å². The van der Waals surface area contributed by atoms with Gasteiger partial charge < -0.3 is 20.1 Å². The van der Waals surface area contributed by atoms with Crippen molar-refractivity contribution in [1.82, 2.24) is 10.3 Å². The van der Waals surface area contributed by atoms with E-state index in [1.807, 2.05) is 0 Å². The number of benzene rings is 1. The van der Waals surface area contributed by atoms with Gasteiger partial charge in [0.05, 0.1) is 12.8 Å². The van der Waals surface area contributed by atoms with Crippen LogP contribution in [-0.4, -0.2) is 44.2 Å². The number of nitrogens with zero attached hydrogens (tertiary/aromatic N) is 1. The largest absolute Gasteiger partial charge is 0.495 e. The second-order valence-corrected chi connectivity index (χ2v) is 5.77. The lowest BCUT2D eigenvalue weighted by molar-refractivity contribution is 0.0943. The van der Waals surface area contributed by atoms with Crippen molar-refractivity contribution in [3.63, 3.8) is 0 Å². The minimum Gasteiger partial charge on any atom is -0.495 e. The Balaban J connectivity index is 2.08. The van der Waals surface area contributed by atoms with Crippen molar-refractivity contribution in [3.05, 3.63) is 52.8 Å². The van der Waals surface area contributed by atoms with E-state index >= 15 is 0 Å². The molecule has 2 N–H and O–H groups in total. The molecule has 0 aliphatic rings. The van der Waals surface area contributed by atoms with Gasteiger partial charge in [-0.1, -0.05) is 11.6 Å². The first-order valence-electron chi connectivity index (χ1n) is 7.93. The number of hydrogen-bond acceptors (Lipinski definition) is 5. The lowest BCUT2D eigenvalue weighted by atomic mass is 10.2. The minimum atomic E-state index is -0.401. The average molecular weight is 378 g/mol. The Morgan fingerprint density at radius 2 is 1.96 bits per heavy atom. The maximum Gasteiger partial charge on any atom is 0.269 e. The highest BCUT2D eigenvalue weighted by Crippen LogP contribution is 2.28. The van der Waals surface area contributed by atoms with E-state index in [9.17, 15) is 9.59 Å². The standard InChI is InChI=1S/C18H20ClN3O4/c1-25-9-3-7-21-18(24)15-10-12(6-8-20-15)17(23)22-14-11-13(19)4-5-16(14)26-2/h4-6,8,10-11H,3,7,9H2,1-2H3,(H,21,24)(H,22,23). The molecule has 0 aliphatic heterocycles. The number of carbonyl (C=O) groups is 2. The molecule has 2 aromatic rings. The Hall–Kier alpha value is -2.64. The van der Waals surface area contributed by atoms with Gasteiger partial charge in [0.15, 0.2) is 0 Å². The van der Waals surface area contributed by atoms with Crippen molar-refractivity contribution in [3.8, 4) is 5.75 Å². The third-order valence-electron chi connectivity index (χ3n) is 3.48. The Morgan fingerprint density at radius 3 is 2.69 bits per heavy atom. The van der Waals surface area contributed by atoms with Crippen LogP contribution < -0.4 is 15.4 Å². The van der Waals surface area contributed by atoms with Crippen LogP contribution in [0.25, 0.3) is 0 Å². The normalized spacial score (nSPS) is 10.3. The summed E-state index contributed by atoms with van der Waals surface area (Å²) in [5, 5.41) is 5.91. The molecule has 8 heteroatoms. The summed E-state index contributed by atoms with van der Waals surface area (Å²) in [6.07, 6.45) is 2.10. The van der Waals surface area contributed by atoms with Crippen molar-refractivity contribution < 1.29 is 19.1 Å². The number of hydrogen-bond donors (Lipinski definition) is 2. The van der Waals surface area contributed by atoms with Crippen molar-refractivity contribution in [2.24, 2.45) is 0 Å². The van der Waals surface area contributed by atoms with Crippen LogP contribution in [0.15, 0.2) is 36.5 Å². The van der Waals surface area contributed by atoms with E-state index in [-0.39, 0.29) is 11.6 Å². The van der Waals surface area contributed by atoms with E-state index in [2.05, 4.69) is 15.6 Å². The Morgan fingerprint density at radius 1 is 1.15 bits per heavy atom. The van der Waals surface area contributed by atoms with Gasteiger partial charge in [0.2, 0.25) is 0 Å². The van der Waals surface area contributed by atoms with Crippen LogP contribution in [-0.2, 0) is 4.74 Å². The average Bonchev–Trinajstić information content (AvgIpc) is 2.65. The number of halogens is 1. The summed E-state index contributed by atoms with van der Waals surface area (Å²) in [6.45, 7) is 1.02. The molecule has 1 heterocycles. The lowest BCUT2D eigenvalue weighted by Gasteiger charge is -2.11. The topological polar surface area (TPSA) is 89.5 Å². The number of methoxy groups -OCH3 is 2. The molecule has 0 atom stereocenters. The first kappa shape index (κ1) is 19.7. The van der Waals surface area contributed by atoms with Crippen molar-refractivity contribution in [2.75, 3.05) is 32.7 Å². The SMILES string of the molecule is COCCCNC(=O)c1cc(C(=O)Nc2cc(Cl)ccc2OC)ccn1. The fraction of sp³-hybridized carbons (Fsp3) is 0.278. The van der Waals surface area contributed by atoms with Gasteiger partial charge in [-0.05, 0) is 36.8 Å². The van der Waals surface area contributed by atoms with Gasteiger partial charge in [-0.25, -0.2) is 0 Å². The van der Waals surface area contributed by atoms with Crippen LogP contribution in [0.4, 0.5) is 5.69 Å². The molecule has 26 heavy (non-hydrogen) atoms. The zero-order valence-corrected chi connectivity index (χ0v) is 15.3. The molecule has 1 aromatic carbocycles. The third kappa shape index (κ3) is 5.44. The summed E-state index contributed by atoms with van der Waals surface area (Å²) >= 11 is 5.96. The zero-order valence-electron chi connectivity index (χ0n) is 14.5. The molecular formula is C18H20ClN3O4. The number of amides is 2. The summed E-state index contributed by atoms with van der Waals surface area (Å²) in [5.41, 5.74) is 0.893. The smallest absolute Gasteiger partial charge is 0.269 e. The van der Waals surface area contributed by atoms with Crippen LogP contribution in [0, 0.1) is 0 Å². The summed E-state index contributed by atoms with van der Waals surface area (Å²) in [6, 6.07) is 7.85. The van der Waals surface area contributed by atoms with Gasteiger partial charge in [-0.15, -0.1) is 0 Å². The zero-order chi connectivity index (χ0) is 18.9. The third-order valence-corrected chi connectivity index (χ3v) is 3.71. The van der Waals surface area contributed by atoms with E-state index in [1.165, 1.54) is 25.4 Å². The lowest BCUT2D eigenvalue weighted by Crippen LogP contribution is -2.26. The number of aromatic nitrogens is 1. The summed E-state index contributed by atoms with van der Waals surface area (Å²) in [5.74, 6) is -0.273. The molecule has 2 amide bonds. The minimum absolute atomic E-state index is 0.160. The van der Waals surface area contributed by atoms with Crippen molar-refractivity contribution >= 4 is 29.1 Å². The summed E-state index contributed by atoms with van der Waals surface area (Å²) in [7, 11) is 3.09. The molecule has 1 aromatic heterocycles. The highest BCUT2D eigenvalue weighted by Gasteiger charge is 2.14. The number of carbonyl (C=O) groups excluding carboxylic acids is 2. The number of rotatable bonds is 8. The molecule has 0 bridgehead atoms. The van der Waals surface area contributed by atoms with Gasteiger partial charge in [0, 0.05) is 37.0 Å². The van der Waals surface area contributed by atoms with Crippen molar-refractivity contribution in [2.45, 2.75) is 6.42 Å². The summed E-state index contributed by atoms with van der Waals surface area (Å²) < 4.78 is 10.1. The number of pyridine rings is 1. The fourth-order valence-electron chi connectivity index (χ4n) is 2.18. The van der Waals surface area contributed by atoms with Crippen molar-refractivity contribution in [1.29, 1.82) is 0 Å². The molecule has 0 saturated carbocycles. The Kier molecular flexibility index (Phi) is 7.37. The molecule has 138 valence electrons. The van der Waals surface area contributed by atoms with Gasteiger partial charge >= 0.3 is 0 Å². The van der Waals surface area contributed by atoms with Crippen LogP contribution in [0.2, 0.25) is 5.02 Å².